The highest BCUT2D eigenvalue weighted by molar-refractivity contribution is 9.18. The quantitative estimate of drug-likeness (QED) is 0.784. The van der Waals surface area contributed by atoms with Gasteiger partial charge in [-0.1, -0.05) is 19.8 Å². The number of pyridine rings is 1. The molecule has 0 bridgehead atoms. The fourth-order valence-electron chi connectivity index (χ4n) is 2.68. The Morgan fingerprint density at radius 1 is 1.36 bits per heavy atom. The zero-order valence-electron chi connectivity index (χ0n) is 13.1. The Morgan fingerprint density at radius 2 is 2.05 bits per heavy atom. The fourth-order valence-corrected chi connectivity index (χ4v) is 3.01. The van der Waals surface area contributed by atoms with Crippen molar-refractivity contribution in [1.29, 1.82) is 5.41 Å². The van der Waals surface area contributed by atoms with Crippen molar-refractivity contribution in [2.75, 3.05) is 19.6 Å². The highest BCUT2D eigenvalue weighted by Crippen LogP contribution is 2.17. The molecule has 1 amide bonds. The minimum Gasteiger partial charge on any atom is -0.337 e. The summed E-state index contributed by atoms with van der Waals surface area (Å²) in [6, 6.07) is 1.83. The molecule has 1 fully saturated rings. The normalized spacial score (nSPS) is 15.5. The second kappa shape index (κ2) is 8.39. The molecule has 0 aliphatic carbocycles. The van der Waals surface area contributed by atoms with E-state index >= 15 is 0 Å². The number of carbonyl (C=O) groups excluding carboxylic acids is 1. The lowest BCUT2D eigenvalue weighted by Crippen LogP contribution is -2.78. The molecule has 6 heteroatoms. The van der Waals surface area contributed by atoms with Crippen LogP contribution in [0.25, 0.3) is 0 Å². The van der Waals surface area contributed by atoms with Crippen molar-refractivity contribution in [3.8, 4) is 0 Å². The Balaban J connectivity index is 2.22. The summed E-state index contributed by atoms with van der Waals surface area (Å²) in [6.45, 7) is 4.68. The van der Waals surface area contributed by atoms with Gasteiger partial charge in [-0.3, -0.25) is 10.2 Å². The lowest BCUT2D eigenvalue weighted by molar-refractivity contribution is -0.571. The van der Waals surface area contributed by atoms with Crippen molar-refractivity contribution in [3.05, 3.63) is 23.5 Å². The van der Waals surface area contributed by atoms with Gasteiger partial charge in [-0.2, -0.15) is 0 Å². The van der Waals surface area contributed by atoms with Crippen molar-refractivity contribution in [1.82, 2.24) is 9.88 Å². The molecule has 0 radical (unpaired) electrons. The van der Waals surface area contributed by atoms with Crippen LogP contribution in [0.1, 0.15) is 55.1 Å². The lowest BCUT2D eigenvalue weighted by Gasteiger charge is -2.20. The molecule has 0 spiro atoms. The number of halogens is 1. The number of rotatable bonds is 5. The van der Waals surface area contributed by atoms with E-state index in [9.17, 15) is 4.79 Å². The Kier molecular flexibility index (Phi) is 6.51. The molecule has 2 heterocycles. The van der Waals surface area contributed by atoms with Crippen molar-refractivity contribution < 1.29 is 10.1 Å². The molecule has 0 saturated carbocycles. The molecule has 1 aliphatic rings. The maximum absolute atomic E-state index is 12.6. The number of aromatic nitrogens is 1. The minimum atomic E-state index is 0.0145. The first-order valence-corrected chi connectivity index (χ1v) is 8.79. The maximum Gasteiger partial charge on any atom is 0.272 e. The average molecular weight is 368 g/mol. The van der Waals surface area contributed by atoms with Crippen LogP contribution in [-0.4, -0.2) is 40.0 Å². The SMILES string of the molecule is CCC[NH2+]c1cc(C(=O)N2CCCCCC2)ncc1C(=N)Br. The molecule has 1 saturated heterocycles. The van der Waals surface area contributed by atoms with Crippen molar-refractivity contribution in [3.63, 3.8) is 0 Å². The number of hydrogen-bond acceptors (Lipinski definition) is 3. The summed E-state index contributed by atoms with van der Waals surface area (Å²) in [6.07, 6.45) is 7.21. The highest BCUT2D eigenvalue weighted by Gasteiger charge is 2.21. The van der Waals surface area contributed by atoms with E-state index in [1.165, 1.54) is 12.8 Å². The van der Waals surface area contributed by atoms with E-state index in [0.29, 0.717) is 10.3 Å². The van der Waals surface area contributed by atoms with Crippen LogP contribution in [0.2, 0.25) is 0 Å². The predicted molar refractivity (Wildman–Crippen MR) is 91.1 cm³/mol. The van der Waals surface area contributed by atoms with Gasteiger partial charge in [0.1, 0.15) is 16.0 Å². The van der Waals surface area contributed by atoms with Crippen molar-refractivity contribution in [2.24, 2.45) is 0 Å². The molecule has 22 heavy (non-hydrogen) atoms. The standard InChI is InChI=1S/C16H23BrN4O/c1-2-7-19-13-10-14(20-11-12(13)15(17)18)16(22)21-8-5-3-4-6-9-21/h10-11,18H,2-9H2,1H3,(H,19,20)/p+1. The van der Waals surface area contributed by atoms with E-state index in [-0.39, 0.29) is 5.91 Å². The average Bonchev–Trinajstić information content (AvgIpc) is 2.81. The van der Waals surface area contributed by atoms with Crippen LogP contribution in [0.5, 0.6) is 0 Å². The van der Waals surface area contributed by atoms with E-state index in [1.807, 2.05) is 11.0 Å². The first kappa shape index (κ1) is 17.1. The van der Waals surface area contributed by atoms with Gasteiger partial charge in [0.15, 0.2) is 0 Å². The summed E-state index contributed by atoms with van der Waals surface area (Å²) in [7, 11) is 0. The van der Waals surface area contributed by atoms with Crippen LogP contribution in [0, 0.1) is 5.41 Å². The van der Waals surface area contributed by atoms with Gasteiger partial charge in [-0.15, -0.1) is 0 Å². The second-order valence-corrected chi connectivity index (χ2v) is 6.46. The summed E-state index contributed by atoms with van der Waals surface area (Å²) < 4.78 is 0.302. The van der Waals surface area contributed by atoms with E-state index < -0.39 is 0 Å². The molecule has 1 aliphatic heterocycles. The van der Waals surface area contributed by atoms with Crippen LogP contribution >= 0.6 is 15.9 Å². The third kappa shape index (κ3) is 4.36. The molecule has 2 rings (SSSR count). The van der Waals surface area contributed by atoms with E-state index in [0.717, 1.165) is 50.1 Å². The smallest absolute Gasteiger partial charge is 0.272 e. The number of likely N-dealkylation sites (tertiary alicyclic amines) is 1. The van der Waals surface area contributed by atoms with Crippen LogP contribution in [-0.2, 0) is 0 Å². The lowest BCUT2D eigenvalue weighted by atomic mass is 10.2. The van der Waals surface area contributed by atoms with Gasteiger partial charge in [0.25, 0.3) is 5.91 Å². The Labute approximate surface area is 140 Å². The largest absolute Gasteiger partial charge is 0.337 e. The molecule has 120 valence electrons. The van der Waals surface area contributed by atoms with Crippen molar-refractivity contribution in [2.45, 2.75) is 39.0 Å². The maximum atomic E-state index is 12.6. The summed E-state index contributed by atoms with van der Waals surface area (Å²) in [4.78, 5) is 18.9. The predicted octanol–water partition coefficient (Wildman–Crippen LogP) is 2.42. The molecule has 5 nitrogen and oxygen atoms in total. The highest BCUT2D eigenvalue weighted by atomic mass is 79.9. The van der Waals surface area contributed by atoms with Gasteiger partial charge in [0.05, 0.1) is 12.1 Å². The van der Waals surface area contributed by atoms with Crippen molar-refractivity contribution >= 4 is 32.1 Å². The summed E-state index contributed by atoms with van der Waals surface area (Å²) in [5.74, 6) is 0.0145. The van der Waals surface area contributed by atoms with Gasteiger partial charge in [0.2, 0.25) is 0 Å². The molecule has 3 N–H and O–H groups in total. The van der Waals surface area contributed by atoms with E-state index in [4.69, 9.17) is 5.41 Å². The zero-order valence-corrected chi connectivity index (χ0v) is 14.7. The molecule has 0 atom stereocenters. The molecule has 0 unspecified atom stereocenters. The van der Waals surface area contributed by atoms with Crippen LogP contribution in [0.3, 0.4) is 0 Å². The van der Waals surface area contributed by atoms with E-state index in [2.05, 4.69) is 33.2 Å². The minimum absolute atomic E-state index is 0.0145. The Hall–Kier alpha value is -1.27. The third-order valence-corrected chi connectivity index (χ3v) is 4.36. The summed E-state index contributed by atoms with van der Waals surface area (Å²) in [5.41, 5.74) is 2.14. The number of quaternary nitrogens is 1. The summed E-state index contributed by atoms with van der Waals surface area (Å²) >= 11 is 3.20. The fraction of sp³-hybridized carbons (Fsp3) is 0.562. The topological polar surface area (TPSA) is 73.7 Å². The molecular formula is C16H24BrN4O+. The number of carbonyl (C=O) groups is 1. The first-order chi connectivity index (χ1) is 10.6. The number of nitrogens with two attached hydrogens (primary N) is 1. The Morgan fingerprint density at radius 3 is 2.64 bits per heavy atom. The van der Waals surface area contributed by atoms with Gasteiger partial charge < -0.3 is 10.2 Å². The molecule has 1 aromatic heterocycles. The van der Waals surface area contributed by atoms with Crippen LogP contribution in [0.4, 0.5) is 5.69 Å². The number of nitrogens with one attached hydrogen (secondary N) is 1. The number of hydrogen-bond donors (Lipinski definition) is 2. The molecule has 0 aromatic carbocycles. The second-order valence-electron chi connectivity index (χ2n) is 5.67. The molecular weight excluding hydrogens is 344 g/mol. The zero-order chi connectivity index (χ0) is 15.9. The van der Waals surface area contributed by atoms with Gasteiger partial charge in [0, 0.05) is 25.4 Å². The monoisotopic (exact) mass is 367 g/mol. The first-order valence-electron chi connectivity index (χ1n) is 8.00. The number of amides is 1. The van der Waals surface area contributed by atoms with Crippen LogP contribution in [0.15, 0.2) is 12.3 Å². The van der Waals surface area contributed by atoms with Gasteiger partial charge in [-0.25, -0.2) is 4.98 Å². The van der Waals surface area contributed by atoms with Crippen LogP contribution < -0.4 is 5.32 Å². The Bertz CT molecular complexity index is 539. The number of nitrogens with zero attached hydrogens (tertiary/aromatic N) is 2. The third-order valence-electron chi connectivity index (χ3n) is 3.94. The van der Waals surface area contributed by atoms with Gasteiger partial charge in [-0.05, 0) is 35.2 Å². The molecule has 1 aromatic rings. The van der Waals surface area contributed by atoms with E-state index in [1.54, 1.807) is 6.20 Å². The summed E-state index contributed by atoms with van der Waals surface area (Å²) in [5, 5.41) is 9.85. The van der Waals surface area contributed by atoms with Gasteiger partial charge >= 0.3 is 0 Å².